The fourth-order valence-electron chi connectivity index (χ4n) is 1.85. The van der Waals surface area contributed by atoms with Gasteiger partial charge >= 0.3 is 5.97 Å². The second-order valence-electron chi connectivity index (χ2n) is 3.75. The molecule has 0 bridgehead atoms. The van der Waals surface area contributed by atoms with Crippen molar-refractivity contribution in [3.8, 4) is 11.4 Å². The van der Waals surface area contributed by atoms with Gasteiger partial charge in [-0.25, -0.2) is 4.98 Å². The minimum atomic E-state index is -0.875. The molecule has 3 rings (SSSR count). The zero-order valence-corrected chi connectivity index (χ0v) is 10.1. The molecule has 18 heavy (non-hydrogen) atoms. The molecular formula is C12H9N3O2S. The molecule has 90 valence electrons. The lowest BCUT2D eigenvalue weighted by molar-refractivity contribution is -0.136. The van der Waals surface area contributed by atoms with Crippen LogP contribution in [0.25, 0.3) is 16.3 Å². The van der Waals surface area contributed by atoms with Crippen molar-refractivity contribution in [2.75, 3.05) is 0 Å². The standard InChI is InChI=1S/C12H9N3O2S/c16-10(17)7-9-11(8-3-1-2-4-13-8)14-12-15(9)5-6-18-12/h1-6H,7H2,(H,16,17). The van der Waals surface area contributed by atoms with Crippen LogP contribution in [0.4, 0.5) is 0 Å². The van der Waals surface area contributed by atoms with E-state index in [0.29, 0.717) is 17.1 Å². The highest BCUT2D eigenvalue weighted by Crippen LogP contribution is 2.25. The summed E-state index contributed by atoms with van der Waals surface area (Å²) in [5.74, 6) is -0.875. The second kappa shape index (κ2) is 4.23. The number of carboxylic acid groups (broad SMARTS) is 1. The Morgan fingerprint density at radius 2 is 2.33 bits per heavy atom. The number of imidazole rings is 1. The van der Waals surface area contributed by atoms with Crippen molar-refractivity contribution in [2.45, 2.75) is 6.42 Å². The molecule has 1 N–H and O–H groups in total. The van der Waals surface area contributed by atoms with E-state index in [4.69, 9.17) is 5.11 Å². The van der Waals surface area contributed by atoms with Crippen molar-refractivity contribution in [3.05, 3.63) is 41.7 Å². The Kier molecular flexibility index (Phi) is 2.56. The number of hydrogen-bond donors (Lipinski definition) is 1. The third-order valence-corrected chi connectivity index (χ3v) is 3.34. The summed E-state index contributed by atoms with van der Waals surface area (Å²) >= 11 is 1.48. The fraction of sp³-hybridized carbons (Fsp3) is 0.0833. The Morgan fingerprint density at radius 1 is 1.44 bits per heavy atom. The van der Waals surface area contributed by atoms with Crippen molar-refractivity contribution in [1.29, 1.82) is 0 Å². The van der Waals surface area contributed by atoms with Gasteiger partial charge in [0.2, 0.25) is 0 Å². The molecule has 0 saturated carbocycles. The Hall–Kier alpha value is -2.21. The zero-order chi connectivity index (χ0) is 12.5. The smallest absolute Gasteiger partial charge is 0.309 e. The normalized spacial score (nSPS) is 10.9. The Balaban J connectivity index is 2.21. The summed E-state index contributed by atoms with van der Waals surface area (Å²) in [7, 11) is 0. The van der Waals surface area contributed by atoms with Gasteiger partial charge in [0, 0.05) is 17.8 Å². The lowest BCUT2D eigenvalue weighted by Crippen LogP contribution is -2.04. The first-order chi connectivity index (χ1) is 8.75. The van der Waals surface area contributed by atoms with E-state index in [1.54, 1.807) is 6.20 Å². The van der Waals surface area contributed by atoms with Crippen molar-refractivity contribution in [1.82, 2.24) is 14.4 Å². The minimum absolute atomic E-state index is 0.0657. The molecule has 0 aromatic carbocycles. The molecule has 0 unspecified atom stereocenters. The van der Waals surface area contributed by atoms with E-state index in [1.165, 1.54) is 11.3 Å². The zero-order valence-electron chi connectivity index (χ0n) is 9.28. The molecule has 3 heterocycles. The van der Waals surface area contributed by atoms with E-state index in [1.807, 2.05) is 34.2 Å². The van der Waals surface area contributed by atoms with Gasteiger partial charge in [-0.1, -0.05) is 6.07 Å². The van der Waals surface area contributed by atoms with Crippen molar-refractivity contribution >= 4 is 22.3 Å². The first kappa shape index (κ1) is 10.9. The molecule has 0 radical (unpaired) electrons. The lowest BCUT2D eigenvalue weighted by Gasteiger charge is -2.00. The molecule has 0 aliphatic rings. The number of hydrogen-bond acceptors (Lipinski definition) is 4. The summed E-state index contributed by atoms with van der Waals surface area (Å²) in [6.45, 7) is 0. The van der Waals surface area contributed by atoms with Crippen LogP contribution >= 0.6 is 11.3 Å². The molecule has 0 aliphatic carbocycles. The van der Waals surface area contributed by atoms with Crippen LogP contribution in [0.15, 0.2) is 36.0 Å². The maximum atomic E-state index is 11.0. The molecule has 6 heteroatoms. The Morgan fingerprint density at radius 3 is 3.06 bits per heavy atom. The van der Waals surface area contributed by atoms with Gasteiger partial charge in [-0.05, 0) is 12.1 Å². The van der Waals surface area contributed by atoms with Gasteiger partial charge in [-0.3, -0.25) is 14.2 Å². The van der Waals surface area contributed by atoms with Crippen LogP contribution in [0.5, 0.6) is 0 Å². The molecule has 0 aliphatic heterocycles. The summed E-state index contributed by atoms with van der Waals surface area (Å²) in [5.41, 5.74) is 2.01. The number of aliphatic carboxylic acids is 1. The summed E-state index contributed by atoms with van der Waals surface area (Å²) in [5, 5.41) is 10.9. The third-order valence-electron chi connectivity index (χ3n) is 2.59. The number of aromatic nitrogens is 3. The summed E-state index contributed by atoms with van der Waals surface area (Å²) in [6.07, 6.45) is 3.44. The van der Waals surface area contributed by atoms with Gasteiger partial charge in [-0.2, -0.15) is 0 Å². The van der Waals surface area contributed by atoms with E-state index in [-0.39, 0.29) is 6.42 Å². The predicted octanol–water partition coefficient (Wildman–Crippen LogP) is 2.08. The van der Waals surface area contributed by atoms with Crippen LogP contribution in [-0.4, -0.2) is 25.4 Å². The van der Waals surface area contributed by atoms with E-state index >= 15 is 0 Å². The van der Waals surface area contributed by atoms with Crippen LogP contribution < -0.4 is 0 Å². The van der Waals surface area contributed by atoms with Gasteiger partial charge < -0.3 is 5.11 Å². The third kappa shape index (κ3) is 1.76. The number of rotatable bonds is 3. The maximum absolute atomic E-state index is 11.0. The SMILES string of the molecule is O=C(O)Cc1c(-c2ccccn2)nc2sccn12. The highest BCUT2D eigenvalue weighted by molar-refractivity contribution is 7.15. The number of fused-ring (bicyclic) bond motifs is 1. The largest absolute Gasteiger partial charge is 0.481 e. The molecule has 5 nitrogen and oxygen atoms in total. The van der Waals surface area contributed by atoms with Gasteiger partial charge in [-0.15, -0.1) is 11.3 Å². The molecule has 3 aromatic rings. The first-order valence-corrected chi connectivity index (χ1v) is 6.21. The predicted molar refractivity (Wildman–Crippen MR) is 67.6 cm³/mol. The number of nitrogens with zero attached hydrogens (tertiary/aromatic N) is 3. The number of carbonyl (C=O) groups is 1. The monoisotopic (exact) mass is 259 g/mol. The van der Waals surface area contributed by atoms with Crippen LogP contribution in [0.3, 0.4) is 0 Å². The average Bonchev–Trinajstić information content (AvgIpc) is 2.93. The fourth-order valence-corrected chi connectivity index (χ4v) is 2.59. The Bertz CT molecular complexity index is 703. The van der Waals surface area contributed by atoms with Gasteiger partial charge in [0.05, 0.1) is 17.8 Å². The first-order valence-electron chi connectivity index (χ1n) is 5.33. The summed E-state index contributed by atoms with van der Waals surface area (Å²) < 4.78 is 1.81. The van der Waals surface area contributed by atoms with E-state index in [2.05, 4.69) is 9.97 Å². The molecule has 0 atom stereocenters. The lowest BCUT2D eigenvalue weighted by atomic mass is 10.2. The van der Waals surface area contributed by atoms with Crippen molar-refractivity contribution in [2.24, 2.45) is 0 Å². The van der Waals surface area contributed by atoms with Crippen LogP contribution in [0.2, 0.25) is 0 Å². The average molecular weight is 259 g/mol. The molecule has 0 fully saturated rings. The molecule has 0 saturated heterocycles. The van der Waals surface area contributed by atoms with Crippen LogP contribution in [0, 0.1) is 0 Å². The van der Waals surface area contributed by atoms with Gasteiger partial charge in [0.25, 0.3) is 0 Å². The maximum Gasteiger partial charge on any atom is 0.309 e. The van der Waals surface area contributed by atoms with Crippen molar-refractivity contribution in [3.63, 3.8) is 0 Å². The number of pyridine rings is 1. The van der Waals surface area contributed by atoms with Gasteiger partial charge in [0.1, 0.15) is 5.69 Å². The van der Waals surface area contributed by atoms with Crippen LogP contribution in [0.1, 0.15) is 5.69 Å². The quantitative estimate of drug-likeness (QED) is 0.782. The van der Waals surface area contributed by atoms with Crippen molar-refractivity contribution < 1.29 is 9.90 Å². The molecule has 0 amide bonds. The van der Waals surface area contributed by atoms with E-state index < -0.39 is 5.97 Å². The molecular weight excluding hydrogens is 250 g/mol. The highest BCUT2D eigenvalue weighted by Gasteiger charge is 2.17. The second-order valence-corrected chi connectivity index (χ2v) is 4.62. The van der Waals surface area contributed by atoms with Gasteiger partial charge in [0.15, 0.2) is 4.96 Å². The van der Waals surface area contributed by atoms with E-state index in [9.17, 15) is 4.79 Å². The van der Waals surface area contributed by atoms with E-state index in [0.717, 1.165) is 4.96 Å². The molecule has 0 spiro atoms. The minimum Gasteiger partial charge on any atom is -0.481 e. The summed E-state index contributed by atoms with van der Waals surface area (Å²) in [4.78, 5) is 20.4. The Labute approximate surface area is 106 Å². The van der Waals surface area contributed by atoms with Crippen LogP contribution in [-0.2, 0) is 11.2 Å². The highest BCUT2D eigenvalue weighted by atomic mass is 32.1. The number of thiazole rings is 1. The molecule has 3 aromatic heterocycles. The number of carboxylic acids is 1. The summed E-state index contributed by atoms with van der Waals surface area (Å²) in [6, 6.07) is 5.51. The topological polar surface area (TPSA) is 67.5 Å².